The molecular formula is C14H13NO3. The van der Waals surface area contributed by atoms with Gasteiger partial charge in [0.2, 0.25) is 5.91 Å². The van der Waals surface area contributed by atoms with Gasteiger partial charge in [-0.2, -0.15) is 0 Å². The lowest BCUT2D eigenvalue weighted by molar-refractivity contribution is -0.114. The lowest BCUT2D eigenvalue weighted by atomic mass is 10.3. The highest BCUT2D eigenvalue weighted by molar-refractivity contribution is 5.88. The maximum absolute atomic E-state index is 10.9. The number of phenols is 1. The van der Waals surface area contributed by atoms with Gasteiger partial charge in [0.25, 0.3) is 0 Å². The van der Waals surface area contributed by atoms with Gasteiger partial charge in [0.1, 0.15) is 17.2 Å². The summed E-state index contributed by atoms with van der Waals surface area (Å²) in [4.78, 5) is 10.9. The molecule has 18 heavy (non-hydrogen) atoms. The van der Waals surface area contributed by atoms with E-state index in [2.05, 4.69) is 5.32 Å². The van der Waals surface area contributed by atoms with E-state index in [0.29, 0.717) is 11.5 Å². The standard InChI is InChI=1S/C14H13NO3/c1-10(16)15-11-2-6-13(7-3-11)18-14-8-4-12(17)5-9-14/h2-9,17H,1H3,(H,15,16). The number of rotatable bonds is 3. The van der Waals surface area contributed by atoms with Crippen molar-refractivity contribution in [1.82, 2.24) is 0 Å². The first-order valence-electron chi connectivity index (χ1n) is 5.48. The van der Waals surface area contributed by atoms with Crippen LogP contribution in [0.4, 0.5) is 5.69 Å². The fourth-order valence-corrected chi connectivity index (χ4v) is 1.46. The molecule has 4 heteroatoms. The van der Waals surface area contributed by atoms with Crippen LogP contribution in [-0.2, 0) is 4.79 Å². The molecule has 0 atom stereocenters. The van der Waals surface area contributed by atoms with Crippen LogP contribution < -0.4 is 10.1 Å². The van der Waals surface area contributed by atoms with Crippen LogP contribution in [0.15, 0.2) is 48.5 Å². The summed E-state index contributed by atoms with van der Waals surface area (Å²) < 4.78 is 5.57. The Labute approximate surface area is 105 Å². The summed E-state index contributed by atoms with van der Waals surface area (Å²) in [5, 5.41) is 11.8. The SMILES string of the molecule is CC(=O)Nc1ccc(Oc2ccc(O)cc2)cc1. The largest absolute Gasteiger partial charge is 0.508 e. The first-order chi connectivity index (χ1) is 8.63. The molecule has 0 spiro atoms. The molecule has 1 amide bonds. The number of benzene rings is 2. The highest BCUT2D eigenvalue weighted by atomic mass is 16.5. The van der Waals surface area contributed by atoms with E-state index in [0.717, 1.165) is 5.69 Å². The topological polar surface area (TPSA) is 58.6 Å². The van der Waals surface area contributed by atoms with Crippen LogP contribution in [0.25, 0.3) is 0 Å². The molecule has 2 rings (SSSR count). The van der Waals surface area contributed by atoms with Crippen molar-refractivity contribution in [2.24, 2.45) is 0 Å². The van der Waals surface area contributed by atoms with Crippen LogP contribution in [0.1, 0.15) is 6.92 Å². The number of nitrogens with one attached hydrogen (secondary N) is 1. The fraction of sp³-hybridized carbons (Fsp3) is 0.0714. The van der Waals surface area contributed by atoms with Gasteiger partial charge in [0.05, 0.1) is 0 Å². The summed E-state index contributed by atoms with van der Waals surface area (Å²) in [7, 11) is 0. The predicted molar refractivity (Wildman–Crippen MR) is 68.9 cm³/mol. The number of amides is 1. The molecule has 0 heterocycles. The Morgan fingerprint density at radius 1 is 1.00 bits per heavy atom. The molecule has 0 saturated carbocycles. The van der Waals surface area contributed by atoms with E-state index >= 15 is 0 Å². The van der Waals surface area contributed by atoms with Crippen molar-refractivity contribution < 1.29 is 14.6 Å². The number of hydrogen-bond acceptors (Lipinski definition) is 3. The molecule has 0 aliphatic rings. The molecule has 0 saturated heterocycles. The Morgan fingerprint density at radius 3 is 2.00 bits per heavy atom. The number of anilines is 1. The van der Waals surface area contributed by atoms with Gasteiger partial charge in [-0.3, -0.25) is 4.79 Å². The maximum Gasteiger partial charge on any atom is 0.221 e. The third-order valence-electron chi connectivity index (χ3n) is 2.25. The third-order valence-corrected chi connectivity index (χ3v) is 2.25. The van der Waals surface area contributed by atoms with Gasteiger partial charge in [-0.25, -0.2) is 0 Å². The minimum Gasteiger partial charge on any atom is -0.508 e. The molecule has 0 bridgehead atoms. The van der Waals surface area contributed by atoms with E-state index < -0.39 is 0 Å². The Kier molecular flexibility index (Phi) is 3.48. The van der Waals surface area contributed by atoms with Crippen LogP contribution in [0, 0.1) is 0 Å². The van der Waals surface area contributed by atoms with Gasteiger partial charge < -0.3 is 15.2 Å². The van der Waals surface area contributed by atoms with E-state index in [4.69, 9.17) is 9.84 Å². The summed E-state index contributed by atoms with van der Waals surface area (Å²) in [6, 6.07) is 13.5. The van der Waals surface area contributed by atoms with Crippen molar-refractivity contribution in [2.45, 2.75) is 6.92 Å². The molecule has 2 aromatic rings. The van der Waals surface area contributed by atoms with Crippen molar-refractivity contribution in [1.29, 1.82) is 0 Å². The van der Waals surface area contributed by atoms with Crippen LogP contribution in [0.3, 0.4) is 0 Å². The van der Waals surface area contributed by atoms with Crippen molar-refractivity contribution >= 4 is 11.6 Å². The number of carbonyl (C=O) groups is 1. The molecular weight excluding hydrogens is 230 g/mol. The van der Waals surface area contributed by atoms with Gasteiger partial charge in [-0.05, 0) is 48.5 Å². The number of ether oxygens (including phenoxy) is 1. The van der Waals surface area contributed by atoms with E-state index in [1.165, 1.54) is 6.92 Å². The molecule has 92 valence electrons. The number of hydrogen-bond donors (Lipinski definition) is 2. The molecule has 4 nitrogen and oxygen atoms in total. The fourth-order valence-electron chi connectivity index (χ4n) is 1.46. The molecule has 0 fully saturated rings. The smallest absolute Gasteiger partial charge is 0.221 e. The van der Waals surface area contributed by atoms with Crippen LogP contribution >= 0.6 is 0 Å². The second kappa shape index (κ2) is 5.23. The van der Waals surface area contributed by atoms with E-state index in [-0.39, 0.29) is 11.7 Å². The van der Waals surface area contributed by atoms with Gasteiger partial charge in [0.15, 0.2) is 0 Å². The zero-order chi connectivity index (χ0) is 13.0. The maximum atomic E-state index is 10.9. The monoisotopic (exact) mass is 243 g/mol. The highest BCUT2D eigenvalue weighted by Crippen LogP contribution is 2.24. The summed E-state index contributed by atoms with van der Waals surface area (Å²) in [5.74, 6) is 1.39. The minimum atomic E-state index is -0.109. The summed E-state index contributed by atoms with van der Waals surface area (Å²) >= 11 is 0. The van der Waals surface area contributed by atoms with Crippen LogP contribution in [0.5, 0.6) is 17.2 Å². The first-order valence-corrected chi connectivity index (χ1v) is 5.48. The zero-order valence-electron chi connectivity index (χ0n) is 9.88. The van der Waals surface area contributed by atoms with Crippen LogP contribution in [0.2, 0.25) is 0 Å². The van der Waals surface area contributed by atoms with Gasteiger partial charge in [0, 0.05) is 12.6 Å². The predicted octanol–water partition coefficient (Wildman–Crippen LogP) is 3.14. The van der Waals surface area contributed by atoms with Crippen molar-refractivity contribution in [3.8, 4) is 17.2 Å². The average molecular weight is 243 g/mol. The molecule has 2 N–H and O–H groups in total. The van der Waals surface area contributed by atoms with Gasteiger partial charge >= 0.3 is 0 Å². The average Bonchev–Trinajstić information content (AvgIpc) is 2.34. The second-order valence-electron chi connectivity index (χ2n) is 3.80. The van der Waals surface area contributed by atoms with Crippen molar-refractivity contribution in [2.75, 3.05) is 5.32 Å². The van der Waals surface area contributed by atoms with Gasteiger partial charge in [-0.1, -0.05) is 0 Å². The quantitative estimate of drug-likeness (QED) is 0.870. The zero-order valence-corrected chi connectivity index (χ0v) is 9.88. The van der Waals surface area contributed by atoms with Crippen molar-refractivity contribution in [3.63, 3.8) is 0 Å². The van der Waals surface area contributed by atoms with Crippen molar-refractivity contribution in [3.05, 3.63) is 48.5 Å². The molecule has 0 aliphatic heterocycles. The van der Waals surface area contributed by atoms with E-state index in [1.807, 2.05) is 0 Å². The third kappa shape index (κ3) is 3.25. The minimum absolute atomic E-state index is 0.109. The van der Waals surface area contributed by atoms with E-state index in [1.54, 1.807) is 48.5 Å². The van der Waals surface area contributed by atoms with Gasteiger partial charge in [-0.15, -0.1) is 0 Å². The molecule has 0 radical (unpaired) electrons. The number of aromatic hydroxyl groups is 1. The molecule has 0 aliphatic carbocycles. The Morgan fingerprint density at radius 2 is 1.50 bits per heavy atom. The summed E-state index contributed by atoms with van der Waals surface area (Å²) in [6.45, 7) is 1.46. The second-order valence-corrected chi connectivity index (χ2v) is 3.80. The molecule has 0 unspecified atom stereocenters. The first kappa shape index (κ1) is 12.0. The highest BCUT2D eigenvalue weighted by Gasteiger charge is 1.99. The normalized spacial score (nSPS) is 9.83. The lowest BCUT2D eigenvalue weighted by Crippen LogP contribution is -2.05. The Bertz CT molecular complexity index is 532. The lowest BCUT2D eigenvalue weighted by Gasteiger charge is -2.07. The summed E-state index contributed by atoms with van der Waals surface area (Å²) in [6.07, 6.45) is 0. The number of carbonyl (C=O) groups excluding carboxylic acids is 1. The Balaban J connectivity index is 2.06. The number of phenolic OH excluding ortho intramolecular Hbond substituents is 1. The molecule has 0 aromatic heterocycles. The summed E-state index contributed by atoms with van der Waals surface area (Å²) in [5.41, 5.74) is 0.723. The molecule has 2 aromatic carbocycles. The van der Waals surface area contributed by atoms with Crippen LogP contribution in [-0.4, -0.2) is 11.0 Å². The van der Waals surface area contributed by atoms with E-state index in [9.17, 15) is 4.79 Å². The Hall–Kier alpha value is -2.49.